The van der Waals surface area contributed by atoms with Crippen LogP contribution in [0.15, 0.2) is 72.9 Å². The largest absolute Gasteiger partial charge is 0.518 e. The monoisotopic (exact) mass is 366 g/mol. The van der Waals surface area contributed by atoms with Gasteiger partial charge in [0.25, 0.3) is 0 Å². The number of rotatable bonds is 4. The molecule has 0 saturated carbocycles. The molecule has 0 radical (unpaired) electrons. The minimum atomic E-state index is -5.62. The van der Waals surface area contributed by atoms with E-state index in [0.717, 1.165) is 6.20 Å². The van der Waals surface area contributed by atoms with Gasteiger partial charge in [-0.15, -0.1) is 0 Å². The van der Waals surface area contributed by atoms with E-state index < -0.39 is 21.4 Å². The van der Waals surface area contributed by atoms with Gasteiger partial charge in [-0.1, -0.05) is 60.7 Å². The molecule has 0 aliphatic carbocycles. The maximum Gasteiger partial charge on any atom is 0.518 e. The number of halogens is 3. The van der Waals surface area contributed by atoms with Gasteiger partial charge in [0.2, 0.25) is 0 Å². The molecule has 0 amide bonds. The second kappa shape index (κ2) is 6.36. The van der Waals surface area contributed by atoms with Gasteiger partial charge in [-0.25, -0.2) is 0 Å². The number of alkyl halides is 3. The minimum absolute atomic E-state index is 0.0671. The first-order valence-corrected chi connectivity index (χ1v) is 8.72. The Labute approximate surface area is 142 Å². The molecule has 0 aliphatic heterocycles. The fraction of sp³-hybridized carbons (Fsp3) is 0.118. The summed E-state index contributed by atoms with van der Waals surface area (Å²) >= 11 is 0. The van der Waals surface area contributed by atoms with Crippen molar-refractivity contribution in [2.45, 2.75) is 11.4 Å². The van der Waals surface area contributed by atoms with E-state index in [-0.39, 0.29) is 9.78 Å². The van der Waals surface area contributed by atoms with Gasteiger partial charge >= 0.3 is 15.5 Å². The third kappa shape index (κ3) is 3.17. The summed E-state index contributed by atoms with van der Waals surface area (Å²) in [6.07, 6.45) is 1.05. The predicted molar refractivity (Wildman–Crippen MR) is 86.4 cm³/mol. The van der Waals surface area contributed by atoms with E-state index in [1.807, 2.05) is 0 Å². The van der Waals surface area contributed by atoms with Crippen molar-refractivity contribution in [1.82, 2.24) is 9.19 Å². The Kier molecular flexibility index (Phi) is 4.38. The van der Waals surface area contributed by atoms with E-state index >= 15 is 0 Å². The second-order valence-electron chi connectivity index (χ2n) is 5.30. The zero-order valence-electron chi connectivity index (χ0n) is 12.8. The first-order chi connectivity index (χ1) is 11.8. The van der Waals surface area contributed by atoms with Crippen LogP contribution in [-0.2, 0) is 10.0 Å². The van der Waals surface area contributed by atoms with E-state index in [0.29, 0.717) is 11.1 Å². The maximum absolute atomic E-state index is 13.0. The highest BCUT2D eigenvalue weighted by atomic mass is 32.2. The molecule has 25 heavy (non-hydrogen) atoms. The molecule has 0 fully saturated rings. The van der Waals surface area contributed by atoms with Crippen molar-refractivity contribution >= 4 is 10.0 Å². The molecule has 1 aromatic heterocycles. The maximum atomic E-state index is 13.0. The fourth-order valence-electron chi connectivity index (χ4n) is 2.63. The Morgan fingerprint density at radius 1 is 0.840 bits per heavy atom. The molecule has 4 nitrogen and oxygen atoms in total. The highest BCUT2D eigenvalue weighted by Crippen LogP contribution is 2.34. The number of nitrogens with zero attached hydrogens (tertiary/aromatic N) is 2. The summed E-state index contributed by atoms with van der Waals surface area (Å²) in [6.45, 7) is 0. The summed E-state index contributed by atoms with van der Waals surface area (Å²) in [5, 5.41) is 3.43. The summed E-state index contributed by atoms with van der Waals surface area (Å²) in [7, 11) is -5.62. The molecule has 0 saturated heterocycles. The Hall–Kier alpha value is -2.61. The topological polar surface area (TPSA) is 52.0 Å². The van der Waals surface area contributed by atoms with Crippen molar-refractivity contribution in [3.05, 3.63) is 89.7 Å². The van der Waals surface area contributed by atoms with Crippen LogP contribution in [0, 0.1) is 0 Å². The van der Waals surface area contributed by atoms with Gasteiger partial charge in [-0.2, -0.15) is 30.8 Å². The molecule has 0 atom stereocenters. The molecule has 3 rings (SSSR count). The summed E-state index contributed by atoms with van der Waals surface area (Å²) in [5.41, 5.74) is -4.19. The highest BCUT2D eigenvalue weighted by Gasteiger charge is 2.49. The summed E-state index contributed by atoms with van der Waals surface area (Å²) < 4.78 is 62.8. The van der Waals surface area contributed by atoms with E-state index in [9.17, 15) is 21.6 Å². The molecule has 130 valence electrons. The average molecular weight is 366 g/mol. The Morgan fingerprint density at radius 2 is 1.32 bits per heavy atom. The van der Waals surface area contributed by atoms with Gasteiger partial charge in [0, 0.05) is 0 Å². The first-order valence-electron chi connectivity index (χ1n) is 7.28. The normalized spacial score (nSPS) is 12.5. The lowest BCUT2D eigenvalue weighted by atomic mass is 9.89. The van der Waals surface area contributed by atoms with Crippen LogP contribution >= 0.6 is 0 Å². The Balaban J connectivity index is 2.23. The fourth-order valence-corrected chi connectivity index (χ4v) is 3.45. The van der Waals surface area contributed by atoms with E-state index in [1.165, 1.54) is 6.07 Å². The van der Waals surface area contributed by atoms with Crippen molar-refractivity contribution in [2.75, 3.05) is 0 Å². The van der Waals surface area contributed by atoms with Crippen LogP contribution in [0.2, 0.25) is 0 Å². The number of hydrogen-bond acceptors (Lipinski definition) is 3. The number of hydrogen-bond donors (Lipinski definition) is 0. The smallest absolute Gasteiger partial charge is 0.195 e. The van der Waals surface area contributed by atoms with E-state index in [1.54, 1.807) is 60.7 Å². The highest BCUT2D eigenvalue weighted by molar-refractivity contribution is 7.90. The quantitative estimate of drug-likeness (QED) is 0.706. The second-order valence-corrected chi connectivity index (χ2v) is 7.06. The predicted octanol–water partition coefficient (Wildman–Crippen LogP) is 3.76. The van der Waals surface area contributed by atoms with E-state index in [4.69, 9.17) is 0 Å². The van der Waals surface area contributed by atoms with Gasteiger partial charge in [0.15, 0.2) is 0 Å². The van der Waals surface area contributed by atoms with Crippen LogP contribution in [0.5, 0.6) is 0 Å². The van der Waals surface area contributed by atoms with Crippen molar-refractivity contribution in [3.8, 4) is 0 Å². The van der Waals surface area contributed by atoms with Crippen LogP contribution in [0.1, 0.15) is 22.7 Å². The molecule has 0 unspecified atom stereocenters. The number of benzene rings is 2. The van der Waals surface area contributed by atoms with Crippen LogP contribution in [0.4, 0.5) is 13.2 Å². The minimum Gasteiger partial charge on any atom is -0.195 e. The molecule has 0 spiro atoms. The standard InChI is InChI=1S/C17H13F3N2O2S/c18-17(19,20)25(23,24)22-15(11-12-21-22)16(13-7-3-1-4-8-13)14-9-5-2-6-10-14/h1-12,16H. The summed E-state index contributed by atoms with van der Waals surface area (Å²) in [5.74, 6) is -0.706. The van der Waals surface area contributed by atoms with Crippen molar-refractivity contribution < 1.29 is 21.6 Å². The Morgan fingerprint density at radius 3 is 1.76 bits per heavy atom. The first kappa shape index (κ1) is 17.2. The van der Waals surface area contributed by atoms with Gasteiger partial charge < -0.3 is 0 Å². The molecule has 3 aromatic rings. The molecule has 0 aliphatic rings. The molecule has 1 heterocycles. The lowest BCUT2D eigenvalue weighted by Crippen LogP contribution is -2.32. The molecule has 0 N–H and O–H groups in total. The van der Waals surface area contributed by atoms with Gasteiger partial charge in [-0.05, 0) is 17.2 Å². The van der Waals surface area contributed by atoms with Crippen LogP contribution in [0.3, 0.4) is 0 Å². The molecule has 0 bridgehead atoms. The van der Waals surface area contributed by atoms with Crippen LogP contribution in [0.25, 0.3) is 0 Å². The third-order valence-electron chi connectivity index (χ3n) is 3.72. The van der Waals surface area contributed by atoms with Crippen LogP contribution in [-0.4, -0.2) is 23.1 Å². The molecular formula is C17H13F3N2O2S. The lowest BCUT2D eigenvalue weighted by molar-refractivity contribution is -0.0450. The Bertz CT molecular complexity index is 913. The molecular weight excluding hydrogens is 353 g/mol. The average Bonchev–Trinajstić information content (AvgIpc) is 3.06. The zero-order chi connectivity index (χ0) is 18.1. The number of aromatic nitrogens is 2. The lowest BCUT2D eigenvalue weighted by Gasteiger charge is -2.20. The summed E-state index contributed by atoms with van der Waals surface area (Å²) in [6, 6.07) is 18.7. The van der Waals surface area contributed by atoms with Gasteiger partial charge in [0.05, 0.1) is 17.8 Å². The third-order valence-corrected chi connectivity index (χ3v) is 5.06. The van der Waals surface area contributed by atoms with Crippen molar-refractivity contribution in [2.24, 2.45) is 0 Å². The van der Waals surface area contributed by atoms with E-state index in [2.05, 4.69) is 5.10 Å². The van der Waals surface area contributed by atoms with Crippen molar-refractivity contribution in [1.29, 1.82) is 0 Å². The summed E-state index contributed by atoms with van der Waals surface area (Å²) in [4.78, 5) is 0. The van der Waals surface area contributed by atoms with Crippen LogP contribution < -0.4 is 0 Å². The van der Waals surface area contributed by atoms with Crippen molar-refractivity contribution in [3.63, 3.8) is 0 Å². The van der Waals surface area contributed by atoms with Gasteiger partial charge in [0.1, 0.15) is 0 Å². The van der Waals surface area contributed by atoms with Gasteiger partial charge in [-0.3, -0.25) is 0 Å². The molecule has 2 aromatic carbocycles. The molecule has 8 heteroatoms. The SMILES string of the molecule is O=S(=O)(n1nccc1C(c1ccccc1)c1ccccc1)C(F)(F)F. The zero-order valence-corrected chi connectivity index (χ0v) is 13.6.